The Kier molecular flexibility index (Phi) is 31.7. The number of carbonyl (C=O) groups excluding carboxylic acids is 1. The molecule has 1 unspecified atom stereocenters. The van der Waals surface area contributed by atoms with Crippen molar-refractivity contribution in [3.05, 3.63) is 85.1 Å². The highest BCUT2D eigenvalue weighted by atomic mass is 31.2. The molecule has 4 atom stereocenters. The molecule has 0 bridgehead atoms. The van der Waals surface area contributed by atoms with Crippen LogP contribution in [0.3, 0.4) is 0 Å². The van der Waals surface area contributed by atoms with Crippen LogP contribution in [0.15, 0.2) is 85.1 Å². The monoisotopic (exact) mass is 750 g/mol. The van der Waals surface area contributed by atoms with Crippen LogP contribution in [0.1, 0.15) is 117 Å². The standard InChI is InChI=1S/C42H73N2O7P/c1-6-8-9-10-11-12-13-19-22-25-28-31-34-41(46)40(38-51-52(48,49)50-37-36-44(3,4)5)43-42(47)35-32-29-26-23-20-17-15-14-16-18-21-24-27-30-33-39(45)7-2/h15-19,22-24,26-27,30-31,33-34,39-41,45-46H,6-14,20-21,25,28-29,32,35-38H2,1-5H3,(H-,43,47,48,49)/p+1/b17-15-,18-16-,22-19-,26-23-,27-24-,33-30+,34-31+/t39-,40+,41-/m1/s1. The third-order valence-electron chi connectivity index (χ3n) is 8.01. The van der Waals surface area contributed by atoms with Gasteiger partial charge in [0.2, 0.25) is 5.91 Å². The van der Waals surface area contributed by atoms with Crippen molar-refractivity contribution in [2.24, 2.45) is 0 Å². The summed E-state index contributed by atoms with van der Waals surface area (Å²) in [6.45, 7) is 4.35. The molecule has 0 aliphatic rings. The Hall–Kier alpha value is -2.36. The number of amides is 1. The van der Waals surface area contributed by atoms with Gasteiger partial charge in [0.15, 0.2) is 0 Å². The van der Waals surface area contributed by atoms with Gasteiger partial charge in [-0.1, -0.05) is 131 Å². The van der Waals surface area contributed by atoms with Gasteiger partial charge in [-0.3, -0.25) is 13.8 Å². The number of rotatable bonds is 33. The Labute approximate surface area is 317 Å². The minimum atomic E-state index is -4.37. The van der Waals surface area contributed by atoms with Crippen molar-refractivity contribution in [2.45, 2.75) is 135 Å². The molecular formula is C42H74N2O7P+. The van der Waals surface area contributed by atoms with E-state index in [9.17, 15) is 24.5 Å². The van der Waals surface area contributed by atoms with Crippen LogP contribution in [0, 0.1) is 0 Å². The van der Waals surface area contributed by atoms with Crippen LogP contribution in [-0.2, 0) is 18.4 Å². The molecule has 0 saturated carbocycles. The van der Waals surface area contributed by atoms with Gasteiger partial charge < -0.3 is 24.9 Å². The first-order valence-electron chi connectivity index (χ1n) is 19.6. The van der Waals surface area contributed by atoms with Gasteiger partial charge >= 0.3 is 7.82 Å². The van der Waals surface area contributed by atoms with Crippen molar-refractivity contribution in [3.63, 3.8) is 0 Å². The minimum Gasteiger partial charge on any atom is -0.389 e. The molecule has 0 aromatic rings. The zero-order chi connectivity index (χ0) is 38.8. The Morgan fingerprint density at radius 1 is 0.712 bits per heavy atom. The summed E-state index contributed by atoms with van der Waals surface area (Å²) in [7, 11) is 1.48. The van der Waals surface area contributed by atoms with E-state index < -0.39 is 20.0 Å². The number of phosphoric acid groups is 1. The summed E-state index contributed by atoms with van der Waals surface area (Å²) in [5.41, 5.74) is 0. The molecule has 52 heavy (non-hydrogen) atoms. The summed E-state index contributed by atoms with van der Waals surface area (Å²) < 4.78 is 23.4. The largest absolute Gasteiger partial charge is 0.472 e. The van der Waals surface area contributed by atoms with Crippen LogP contribution in [0.5, 0.6) is 0 Å². The van der Waals surface area contributed by atoms with Crippen LogP contribution in [-0.4, -0.2) is 84.6 Å². The van der Waals surface area contributed by atoms with Gasteiger partial charge in [0, 0.05) is 6.42 Å². The van der Waals surface area contributed by atoms with Crippen LogP contribution in [0.4, 0.5) is 0 Å². The zero-order valence-corrected chi connectivity index (χ0v) is 34.0. The molecule has 0 spiro atoms. The molecule has 0 saturated heterocycles. The summed E-state index contributed by atoms with van der Waals surface area (Å²) in [6.07, 6.45) is 41.8. The van der Waals surface area contributed by atoms with E-state index in [2.05, 4.69) is 60.8 Å². The summed E-state index contributed by atoms with van der Waals surface area (Å²) in [4.78, 5) is 23.0. The second kappa shape index (κ2) is 33.2. The highest BCUT2D eigenvalue weighted by molar-refractivity contribution is 7.47. The number of likely N-dealkylation sites (N-methyl/N-ethyl adjacent to an activating group) is 1. The lowest BCUT2D eigenvalue weighted by molar-refractivity contribution is -0.870. The molecule has 10 heteroatoms. The first kappa shape index (κ1) is 49.6. The molecular weight excluding hydrogens is 675 g/mol. The van der Waals surface area contributed by atoms with Crippen LogP contribution in [0.2, 0.25) is 0 Å². The predicted molar refractivity (Wildman–Crippen MR) is 218 cm³/mol. The SMILES string of the molecule is CCCCCCCC/C=C\CC/C=C/[C@@H](O)[C@H](COP(=O)(O)OCC[N+](C)(C)C)NC(=O)CCC/C=C\C/C=C\C/C=C\C/C=C\C=C\[C@H](O)CC. The van der Waals surface area contributed by atoms with E-state index in [0.29, 0.717) is 17.4 Å². The van der Waals surface area contributed by atoms with E-state index in [-0.39, 0.29) is 31.6 Å². The molecule has 0 aromatic carbocycles. The second-order valence-corrected chi connectivity index (χ2v) is 15.6. The smallest absolute Gasteiger partial charge is 0.389 e. The number of phosphoric ester groups is 1. The van der Waals surface area contributed by atoms with Gasteiger partial charge in [-0.2, -0.15) is 0 Å². The fourth-order valence-electron chi connectivity index (χ4n) is 4.69. The Bertz CT molecular complexity index is 1140. The van der Waals surface area contributed by atoms with E-state index >= 15 is 0 Å². The lowest BCUT2D eigenvalue weighted by atomic mass is 10.1. The second-order valence-electron chi connectivity index (χ2n) is 14.1. The molecule has 0 heterocycles. The fourth-order valence-corrected chi connectivity index (χ4v) is 5.42. The molecule has 0 aliphatic carbocycles. The number of unbranched alkanes of at least 4 members (excludes halogenated alkanes) is 8. The number of nitrogens with zero attached hydrogens (tertiary/aromatic N) is 1. The highest BCUT2D eigenvalue weighted by Crippen LogP contribution is 2.43. The summed E-state index contributed by atoms with van der Waals surface area (Å²) in [5, 5.41) is 23.1. The van der Waals surface area contributed by atoms with Crippen molar-refractivity contribution in [1.29, 1.82) is 0 Å². The van der Waals surface area contributed by atoms with Crippen molar-refractivity contribution >= 4 is 13.7 Å². The number of carbonyl (C=O) groups is 1. The Balaban J connectivity index is 4.70. The molecule has 0 aromatic heterocycles. The maximum absolute atomic E-state index is 12.8. The van der Waals surface area contributed by atoms with E-state index in [1.54, 1.807) is 12.2 Å². The summed E-state index contributed by atoms with van der Waals surface area (Å²) >= 11 is 0. The third-order valence-corrected chi connectivity index (χ3v) is 8.99. The molecule has 0 aliphatic heterocycles. The minimum absolute atomic E-state index is 0.0341. The highest BCUT2D eigenvalue weighted by Gasteiger charge is 2.27. The molecule has 0 fully saturated rings. The van der Waals surface area contributed by atoms with Crippen molar-refractivity contribution in [3.8, 4) is 0 Å². The normalized spacial score (nSPS) is 16.1. The molecule has 1 amide bonds. The number of hydrogen-bond acceptors (Lipinski definition) is 6. The Morgan fingerprint density at radius 2 is 1.29 bits per heavy atom. The predicted octanol–water partition coefficient (Wildman–Crippen LogP) is 9.21. The lowest BCUT2D eigenvalue weighted by Gasteiger charge is -2.25. The number of aliphatic hydroxyl groups is 2. The average molecular weight is 750 g/mol. The van der Waals surface area contributed by atoms with Crippen molar-refractivity contribution in [1.82, 2.24) is 5.32 Å². The number of aliphatic hydroxyl groups excluding tert-OH is 2. The number of nitrogens with one attached hydrogen (secondary N) is 1. The third kappa shape index (κ3) is 34.7. The molecule has 0 rings (SSSR count). The van der Waals surface area contributed by atoms with Crippen LogP contribution in [0.25, 0.3) is 0 Å². The summed E-state index contributed by atoms with van der Waals surface area (Å²) in [6, 6.07) is -0.906. The number of quaternary nitrogens is 1. The first-order chi connectivity index (χ1) is 24.9. The molecule has 0 radical (unpaired) electrons. The zero-order valence-electron chi connectivity index (χ0n) is 33.1. The van der Waals surface area contributed by atoms with Gasteiger partial charge in [0.1, 0.15) is 13.2 Å². The van der Waals surface area contributed by atoms with Crippen molar-refractivity contribution < 1.29 is 38.0 Å². The lowest BCUT2D eigenvalue weighted by Crippen LogP contribution is -2.45. The first-order valence-corrected chi connectivity index (χ1v) is 21.1. The van der Waals surface area contributed by atoms with Crippen LogP contribution < -0.4 is 5.32 Å². The molecule has 9 nitrogen and oxygen atoms in total. The quantitative estimate of drug-likeness (QED) is 0.0173. The molecule has 4 N–H and O–H groups in total. The van der Waals surface area contributed by atoms with Gasteiger partial charge in [-0.15, -0.1) is 0 Å². The number of allylic oxidation sites excluding steroid dienone is 12. The van der Waals surface area contributed by atoms with E-state index in [1.165, 1.54) is 38.5 Å². The van der Waals surface area contributed by atoms with E-state index in [0.717, 1.165) is 51.4 Å². The molecule has 298 valence electrons. The van der Waals surface area contributed by atoms with Gasteiger partial charge in [-0.25, -0.2) is 4.57 Å². The van der Waals surface area contributed by atoms with E-state index in [1.807, 2.05) is 52.4 Å². The number of hydrogen-bond donors (Lipinski definition) is 4. The summed E-state index contributed by atoms with van der Waals surface area (Å²) in [5.74, 6) is -0.262. The maximum Gasteiger partial charge on any atom is 0.472 e. The average Bonchev–Trinajstić information content (AvgIpc) is 3.09. The van der Waals surface area contributed by atoms with Crippen molar-refractivity contribution in [2.75, 3.05) is 40.9 Å². The van der Waals surface area contributed by atoms with Gasteiger partial charge in [0.25, 0.3) is 0 Å². The van der Waals surface area contributed by atoms with E-state index in [4.69, 9.17) is 9.05 Å². The maximum atomic E-state index is 12.8. The topological polar surface area (TPSA) is 125 Å². The fraction of sp³-hybridized carbons (Fsp3) is 0.643. The van der Waals surface area contributed by atoms with Gasteiger partial charge in [-0.05, 0) is 64.2 Å². The Morgan fingerprint density at radius 3 is 1.96 bits per heavy atom. The van der Waals surface area contributed by atoms with Crippen LogP contribution >= 0.6 is 7.82 Å². The van der Waals surface area contributed by atoms with Gasteiger partial charge in [0.05, 0.1) is 46.0 Å².